The summed E-state index contributed by atoms with van der Waals surface area (Å²) in [5, 5.41) is 8.30. The molecule has 0 radical (unpaired) electrons. The van der Waals surface area contributed by atoms with Gasteiger partial charge in [0.25, 0.3) is 11.8 Å². The van der Waals surface area contributed by atoms with Gasteiger partial charge < -0.3 is 20.4 Å². The van der Waals surface area contributed by atoms with Crippen molar-refractivity contribution < 1.29 is 18.8 Å². The van der Waals surface area contributed by atoms with Crippen LogP contribution in [0.15, 0.2) is 65.3 Å². The predicted molar refractivity (Wildman–Crippen MR) is 110 cm³/mol. The second kappa shape index (κ2) is 8.88. The topological polar surface area (TPSA) is 100 Å². The molecule has 0 spiro atoms. The fourth-order valence-electron chi connectivity index (χ4n) is 2.74. The summed E-state index contributed by atoms with van der Waals surface area (Å²) in [7, 11) is 0. The Hall–Kier alpha value is -3.87. The SMILES string of the molecule is CC(=O)Nc1cccc(CNC(=O)c2ccc(C)c(NC(=O)c3ccco3)c2)c1. The van der Waals surface area contributed by atoms with Crippen LogP contribution < -0.4 is 16.0 Å². The standard InChI is InChI=1S/C22H21N3O4/c1-14-8-9-17(12-19(14)25-22(28)20-7-4-10-29-20)21(27)23-13-16-5-3-6-18(11-16)24-15(2)26/h3-12H,13H2,1-2H3,(H,23,27)(H,24,26)(H,25,28). The van der Waals surface area contributed by atoms with Gasteiger partial charge in [-0.15, -0.1) is 0 Å². The van der Waals surface area contributed by atoms with Gasteiger partial charge in [-0.25, -0.2) is 0 Å². The van der Waals surface area contributed by atoms with E-state index in [-0.39, 0.29) is 23.5 Å². The third kappa shape index (κ3) is 5.32. The van der Waals surface area contributed by atoms with Crippen LogP contribution in [0.3, 0.4) is 0 Å². The maximum absolute atomic E-state index is 12.5. The molecule has 0 unspecified atom stereocenters. The van der Waals surface area contributed by atoms with Crippen molar-refractivity contribution in [1.29, 1.82) is 0 Å². The van der Waals surface area contributed by atoms with Gasteiger partial charge in [0.2, 0.25) is 5.91 Å². The Morgan fingerprint density at radius 2 is 1.76 bits per heavy atom. The minimum atomic E-state index is -0.384. The summed E-state index contributed by atoms with van der Waals surface area (Å²) < 4.78 is 5.09. The molecular formula is C22H21N3O4. The van der Waals surface area contributed by atoms with Crippen molar-refractivity contribution in [2.75, 3.05) is 10.6 Å². The van der Waals surface area contributed by atoms with Crippen LogP contribution >= 0.6 is 0 Å². The van der Waals surface area contributed by atoms with Crippen molar-refractivity contribution in [3.63, 3.8) is 0 Å². The molecule has 0 saturated heterocycles. The highest BCUT2D eigenvalue weighted by Gasteiger charge is 2.13. The molecule has 0 atom stereocenters. The lowest BCUT2D eigenvalue weighted by atomic mass is 10.1. The number of aryl methyl sites for hydroxylation is 1. The zero-order valence-electron chi connectivity index (χ0n) is 16.1. The van der Waals surface area contributed by atoms with E-state index in [0.29, 0.717) is 23.5 Å². The van der Waals surface area contributed by atoms with Crippen molar-refractivity contribution >= 4 is 29.1 Å². The van der Waals surface area contributed by atoms with Gasteiger partial charge in [-0.05, 0) is 54.4 Å². The summed E-state index contributed by atoms with van der Waals surface area (Å²) in [4.78, 5) is 35.9. The summed E-state index contributed by atoms with van der Waals surface area (Å²) >= 11 is 0. The largest absolute Gasteiger partial charge is 0.459 e. The molecule has 0 fully saturated rings. The highest BCUT2D eigenvalue weighted by atomic mass is 16.3. The zero-order chi connectivity index (χ0) is 20.8. The minimum Gasteiger partial charge on any atom is -0.459 e. The van der Waals surface area contributed by atoms with Crippen molar-refractivity contribution in [3.8, 4) is 0 Å². The molecular weight excluding hydrogens is 370 g/mol. The minimum absolute atomic E-state index is 0.157. The van der Waals surface area contributed by atoms with E-state index in [4.69, 9.17) is 4.42 Å². The van der Waals surface area contributed by atoms with Crippen molar-refractivity contribution in [2.24, 2.45) is 0 Å². The molecule has 0 aliphatic heterocycles. The Balaban J connectivity index is 1.66. The van der Waals surface area contributed by atoms with Crippen LogP contribution in [0.5, 0.6) is 0 Å². The van der Waals surface area contributed by atoms with Crippen molar-refractivity contribution in [2.45, 2.75) is 20.4 Å². The first kappa shape index (κ1) is 19.9. The van der Waals surface area contributed by atoms with E-state index < -0.39 is 0 Å². The van der Waals surface area contributed by atoms with Gasteiger partial charge in [0, 0.05) is 30.4 Å². The molecule has 29 heavy (non-hydrogen) atoms. The molecule has 0 saturated carbocycles. The summed E-state index contributed by atoms with van der Waals surface area (Å²) in [6.07, 6.45) is 1.42. The van der Waals surface area contributed by atoms with Gasteiger partial charge in [0.15, 0.2) is 5.76 Å². The average molecular weight is 391 g/mol. The summed E-state index contributed by atoms with van der Waals surface area (Å²) in [6, 6.07) is 15.5. The maximum Gasteiger partial charge on any atom is 0.291 e. The summed E-state index contributed by atoms with van der Waals surface area (Å²) in [5.41, 5.74) is 3.30. The molecule has 0 bridgehead atoms. The first-order valence-electron chi connectivity index (χ1n) is 9.02. The lowest BCUT2D eigenvalue weighted by Crippen LogP contribution is -2.23. The van der Waals surface area contributed by atoms with Crippen LogP contribution in [0.4, 0.5) is 11.4 Å². The van der Waals surface area contributed by atoms with Crippen LogP contribution in [0.1, 0.15) is 39.0 Å². The summed E-state index contributed by atoms with van der Waals surface area (Å²) in [6.45, 7) is 3.58. The van der Waals surface area contributed by atoms with Gasteiger partial charge in [-0.3, -0.25) is 14.4 Å². The van der Waals surface area contributed by atoms with E-state index in [1.54, 1.807) is 48.5 Å². The fourth-order valence-corrected chi connectivity index (χ4v) is 2.74. The molecule has 7 nitrogen and oxygen atoms in total. The molecule has 0 aliphatic carbocycles. The Morgan fingerprint density at radius 3 is 2.48 bits per heavy atom. The van der Waals surface area contributed by atoms with Crippen LogP contribution in [0.2, 0.25) is 0 Å². The zero-order valence-corrected chi connectivity index (χ0v) is 16.1. The van der Waals surface area contributed by atoms with Gasteiger partial charge in [-0.2, -0.15) is 0 Å². The second-order valence-electron chi connectivity index (χ2n) is 6.53. The molecule has 1 aromatic heterocycles. The molecule has 2 aromatic carbocycles. The fraction of sp³-hybridized carbons (Fsp3) is 0.136. The number of carbonyl (C=O) groups is 3. The first-order valence-corrected chi connectivity index (χ1v) is 9.02. The molecule has 3 amide bonds. The monoisotopic (exact) mass is 391 g/mol. The number of nitrogens with one attached hydrogen (secondary N) is 3. The lowest BCUT2D eigenvalue weighted by molar-refractivity contribution is -0.114. The van der Waals surface area contributed by atoms with Crippen molar-refractivity contribution in [3.05, 3.63) is 83.3 Å². The Bertz CT molecular complexity index is 1040. The summed E-state index contributed by atoms with van der Waals surface area (Å²) in [5.74, 6) is -0.623. The number of carbonyl (C=O) groups excluding carboxylic acids is 3. The molecule has 0 aliphatic rings. The van der Waals surface area contributed by atoms with Crippen LogP contribution in [-0.4, -0.2) is 17.7 Å². The molecule has 3 N–H and O–H groups in total. The quantitative estimate of drug-likeness (QED) is 0.596. The maximum atomic E-state index is 12.5. The van der Waals surface area contributed by atoms with Gasteiger partial charge in [0.05, 0.1) is 6.26 Å². The first-order chi connectivity index (χ1) is 13.9. The van der Waals surface area contributed by atoms with E-state index in [1.807, 2.05) is 13.0 Å². The average Bonchev–Trinajstić information content (AvgIpc) is 3.22. The second-order valence-corrected chi connectivity index (χ2v) is 6.53. The van der Waals surface area contributed by atoms with Gasteiger partial charge >= 0.3 is 0 Å². The van der Waals surface area contributed by atoms with E-state index >= 15 is 0 Å². The van der Waals surface area contributed by atoms with Crippen molar-refractivity contribution in [1.82, 2.24) is 5.32 Å². The number of anilines is 2. The molecule has 1 heterocycles. The van der Waals surface area contributed by atoms with E-state index in [1.165, 1.54) is 13.2 Å². The third-order valence-electron chi connectivity index (χ3n) is 4.19. The van der Waals surface area contributed by atoms with Gasteiger partial charge in [-0.1, -0.05) is 18.2 Å². The van der Waals surface area contributed by atoms with E-state index in [9.17, 15) is 14.4 Å². The number of hydrogen-bond acceptors (Lipinski definition) is 4. The van der Waals surface area contributed by atoms with Crippen LogP contribution in [-0.2, 0) is 11.3 Å². The predicted octanol–water partition coefficient (Wildman–Crippen LogP) is 3.73. The van der Waals surface area contributed by atoms with E-state index in [0.717, 1.165) is 11.1 Å². The number of hydrogen-bond donors (Lipinski definition) is 3. The smallest absolute Gasteiger partial charge is 0.291 e. The highest BCUT2D eigenvalue weighted by Crippen LogP contribution is 2.18. The van der Waals surface area contributed by atoms with Crippen LogP contribution in [0.25, 0.3) is 0 Å². The molecule has 148 valence electrons. The number of furan rings is 1. The number of benzene rings is 2. The normalized spacial score (nSPS) is 10.3. The third-order valence-corrected chi connectivity index (χ3v) is 4.19. The Morgan fingerprint density at radius 1 is 0.931 bits per heavy atom. The lowest BCUT2D eigenvalue weighted by Gasteiger charge is -2.11. The Kier molecular flexibility index (Phi) is 6.09. The molecule has 3 rings (SSSR count). The Labute approximate surface area is 168 Å². The molecule has 7 heteroatoms. The van der Waals surface area contributed by atoms with Gasteiger partial charge in [0.1, 0.15) is 0 Å². The number of amides is 3. The van der Waals surface area contributed by atoms with Crippen LogP contribution in [0, 0.1) is 6.92 Å². The molecule has 3 aromatic rings. The van der Waals surface area contributed by atoms with E-state index in [2.05, 4.69) is 16.0 Å². The highest BCUT2D eigenvalue weighted by molar-refractivity contribution is 6.04. The number of rotatable bonds is 6.